The third-order valence-corrected chi connectivity index (χ3v) is 4.00. The fourth-order valence-electron chi connectivity index (χ4n) is 2.28. The lowest BCUT2D eigenvalue weighted by molar-refractivity contribution is -0.111. The van der Waals surface area contributed by atoms with Crippen molar-refractivity contribution in [3.63, 3.8) is 0 Å². The number of hydrogen-bond acceptors (Lipinski definition) is 4. The van der Waals surface area contributed by atoms with E-state index >= 15 is 0 Å². The molecular formula is C19H20ClNO4. The number of halogens is 1. The fourth-order valence-corrected chi connectivity index (χ4v) is 2.46. The third-order valence-electron chi connectivity index (χ3n) is 3.59. The van der Waals surface area contributed by atoms with E-state index in [0.29, 0.717) is 33.5 Å². The molecule has 0 radical (unpaired) electrons. The second-order valence-electron chi connectivity index (χ2n) is 5.21. The van der Waals surface area contributed by atoms with E-state index in [4.69, 9.17) is 25.8 Å². The van der Waals surface area contributed by atoms with Crippen molar-refractivity contribution in [1.82, 2.24) is 0 Å². The number of nitrogens with one attached hydrogen (secondary N) is 1. The molecule has 1 amide bonds. The van der Waals surface area contributed by atoms with E-state index in [0.717, 1.165) is 5.56 Å². The summed E-state index contributed by atoms with van der Waals surface area (Å²) in [6.45, 7) is 1.90. The standard InChI is InChI=1S/C19H20ClNO4/c1-12-5-8-14(11-15(12)20)21-17(22)10-7-13-6-9-16(23-2)19(25-4)18(13)24-3/h5-11H,1-4H3,(H,21,22)/b10-7+. The summed E-state index contributed by atoms with van der Waals surface area (Å²) in [5.74, 6) is 1.23. The van der Waals surface area contributed by atoms with Gasteiger partial charge in [0, 0.05) is 22.3 Å². The fraction of sp³-hybridized carbons (Fsp3) is 0.211. The number of carbonyl (C=O) groups excluding carboxylic acids is 1. The van der Waals surface area contributed by atoms with Crippen LogP contribution in [0.4, 0.5) is 5.69 Å². The van der Waals surface area contributed by atoms with Gasteiger partial charge in [0.05, 0.1) is 21.3 Å². The molecule has 0 bridgehead atoms. The summed E-state index contributed by atoms with van der Waals surface area (Å²) >= 11 is 6.06. The molecule has 5 nitrogen and oxygen atoms in total. The monoisotopic (exact) mass is 361 g/mol. The Kier molecular flexibility index (Phi) is 6.31. The first-order chi connectivity index (χ1) is 12.0. The van der Waals surface area contributed by atoms with Gasteiger partial charge in [-0.15, -0.1) is 0 Å². The van der Waals surface area contributed by atoms with Crippen LogP contribution in [0, 0.1) is 6.92 Å². The van der Waals surface area contributed by atoms with E-state index < -0.39 is 0 Å². The smallest absolute Gasteiger partial charge is 0.248 e. The first-order valence-corrected chi connectivity index (χ1v) is 7.92. The van der Waals surface area contributed by atoms with Crippen LogP contribution >= 0.6 is 11.6 Å². The molecule has 0 heterocycles. The average molecular weight is 362 g/mol. The Morgan fingerprint density at radius 2 is 1.76 bits per heavy atom. The Labute approximate surface area is 152 Å². The average Bonchev–Trinajstić information content (AvgIpc) is 2.61. The van der Waals surface area contributed by atoms with E-state index in [1.165, 1.54) is 20.3 Å². The topological polar surface area (TPSA) is 56.8 Å². The summed E-state index contributed by atoms with van der Waals surface area (Å²) in [6.07, 6.45) is 3.06. The Bertz CT molecular complexity index is 802. The molecule has 0 unspecified atom stereocenters. The van der Waals surface area contributed by atoms with Gasteiger partial charge in [0.15, 0.2) is 11.5 Å². The maximum atomic E-state index is 12.1. The van der Waals surface area contributed by atoms with Crippen LogP contribution in [-0.4, -0.2) is 27.2 Å². The minimum Gasteiger partial charge on any atom is -0.493 e. The number of rotatable bonds is 6. The first kappa shape index (κ1) is 18.7. The Hall–Kier alpha value is -2.66. The Balaban J connectivity index is 2.20. The molecule has 0 aliphatic heterocycles. The molecule has 0 atom stereocenters. The van der Waals surface area contributed by atoms with Gasteiger partial charge in [-0.3, -0.25) is 4.79 Å². The highest BCUT2D eigenvalue weighted by Crippen LogP contribution is 2.40. The number of benzene rings is 2. The molecule has 132 valence electrons. The molecule has 25 heavy (non-hydrogen) atoms. The van der Waals surface area contributed by atoms with Crippen LogP contribution in [0.2, 0.25) is 5.02 Å². The molecule has 0 fully saturated rings. The van der Waals surface area contributed by atoms with E-state index in [9.17, 15) is 4.79 Å². The second-order valence-corrected chi connectivity index (χ2v) is 5.62. The van der Waals surface area contributed by atoms with Crippen LogP contribution in [0.15, 0.2) is 36.4 Å². The van der Waals surface area contributed by atoms with E-state index in [-0.39, 0.29) is 5.91 Å². The number of methoxy groups -OCH3 is 3. The van der Waals surface area contributed by atoms with Crippen LogP contribution in [0.25, 0.3) is 6.08 Å². The highest BCUT2D eigenvalue weighted by Gasteiger charge is 2.14. The zero-order valence-electron chi connectivity index (χ0n) is 14.6. The van der Waals surface area contributed by atoms with Crippen molar-refractivity contribution in [1.29, 1.82) is 0 Å². The number of aryl methyl sites for hydroxylation is 1. The maximum absolute atomic E-state index is 12.1. The summed E-state index contributed by atoms with van der Waals surface area (Å²) in [4.78, 5) is 12.1. The predicted octanol–water partition coefficient (Wildman–Crippen LogP) is 4.33. The molecule has 2 aromatic rings. The third kappa shape index (κ3) is 4.45. The lowest BCUT2D eigenvalue weighted by Crippen LogP contribution is -2.07. The van der Waals surface area contributed by atoms with Crippen LogP contribution in [-0.2, 0) is 4.79 Å². The molecule has 6 heteroatoms. The molecule has 1 N–H and O–H groups in total. The summed E-state index contributed by atoms with van der Waals surface area (Å²) in [5, 5.41) is 3.36. The van der Waals surface area contributed by atoms with Crippen molar-refractivity contribution < 1.29 is 19.0 Å². The van der Waals surface area contributed by atoms with Crippen LogP contribution < -0.4 is 19.5 Å². The lowest BCUT2D eigenvalue weighted by atomic mass is 10.1. The van der Waals surface area contributed by atoms with Gasteiger partial charge in [-0.05, 0) is 42.8 Å². The summed E-state index contributed by atoms with van der Waals surface area (Å²) in [6, 6.07) is 8.88. The van der Waals surface area contributed by atoms with Crippen LogP contribution in [0.5, 0.6) is 17.2 Å². The largest absolute Gasteiger partial charge is 0.493 e. The molecule has 0 aliphatic rings. The zero-order chi connectivity index (χ0) is 18.4. The highest BCUT2D eigenvalue weighted by molar-refractivity contribution is 6.31. The molecule has 0 spiro atoms. The molecule has 2 rings (SSSR count). The second kappa shape index (κ2) is 8.44. The van der Waals surface area contributed by atoms with Crippen molar-refractivity contribution in [2.24, 2.45) is 0 Å². The molecule has 0 saturated heterocycles. The predicted molar refractivity (Wildman–Crippen MR) is 100.0 cm³/mol. The Morgan fingerprint density at radius 1 is 1.04 bits per heavy atom. The van der Waals surface area contributed by atoms with Crippen molar-refractivity contribution in [3.8, 4) is 17.2 Å². The molecule has 0 aromatic heterocycles. The molecule has 0 aliphatic carbocycles. The van der Waals surface area contributed by atoms with Gasteiger partial charge in [-0.1, -0.05) is 17.7 Å². The van der Waals surface area contributed by atoms with Gasteiger partial charge >= 0.3 is 0 Å². The maximum Gasteiger partial charge on any atom is 0.248 e. The van der Waals surface area contributed by atoms with E-state index in [1.807, 2.05) is 13.0 Å². The van der Waals surface area contributed by atoms with Crippen molar-refractivity contribution >= 4 is 29.3 Å². The SMILES string of the molecule is COc1ccc(/C=C/C(=O)Nc2ccc(C)c(Cl)c2)c(OC)c1OC. The summed E-state index contributed by atoms with van der Waals surface area (Å²) in [7, 11) is 4.61. The van der Waals surface area contributed by atoms with Crippen LogP contribution in [0.1, 0.15) is 11.1 Å². The normalized spacial score (nSPS) is 10.6. The van der Waals surface area contributed by atoms with Crippen molar-refractivity contribution in [3.05, 3.63) is 52.6 Å². The summed E-state index contributed by atoms with van der Waals surface area (Å²) < 4.78 is 15.9. The van der Waals surface area contributed by atoms with Gasteiger partial charge in [0.1, 0.15) is 0 Å². The number of carbonyl (C=O) groups is 1. The molecular weight excluding hydrogens is 342 g/mol. The molecule has 2 aromatic carbocycles. The van der Waals surface area contributed by atoms with Gasteiger partial charge < -0.3 is 19.5 Å². The minimum absolute atomic E-state index is 0.281. The zero-order valence-corrected chi connectivity index (χ0v) is 15.3. The lowest BCUT2D eigenvalue weighted by Gasteiger charge is -2.14. The Morgan fingerprint density at radius 3 is 2.36 bits per heavy atom. The minimum atomic E-state index is -0.281. The van der Waals surface area contributed by atoms with Gasteiger partial charge in [-0.25, -0.2) is 0 Å². The van der Waals surface area contributed by atoms with Gasteiger partial charge in [-0.2, -0.15) is 0 Å². The van der Waals surface area contributed by atoms with E-state index in [2.05, 4.69) is 5.32 Å². The van der Waals surface area contributed by atoms with E-state index in [1.54, 1.807) is 37.5 Å². The first-order valence-electron chi connectivity index (χ1n) is 7.54. The quantitative estimate of drug-likeness (QED) is 0.778. The van der Waals surface area contributed by atoms with Crippen LogP contribution in [0.3, 0.4) is 0 Å². The summed E-state index contributed by atoms with van der Waals surface area (Å²) in [5.41, 5.74) is 2.27. The number of amides is 1. The van der Waals surface area contributed by atoms with Gasteiger partial charge in [0.2, 0.25) is 11.7 Å². The molecule has 0 saturated carbocycles. The highest BCUT2D eigenvalue weighted by atomic mass is 35.5. The van der Waals surface area contributed by atoms with Gasteiger partial charge in [0.25, 0.3) is 0 Å². The number of anilines is 1. The van der Waals surface area contributed by atoms with Crippen molar-refractivity contribution in [2.45, 2.75) is 6.92 Å². The van der Waals surface area contributed by atoms with Crippen molar-refractivity contribution in [2.75, 3.05) is 26.6 Å². The number of hydrogen-bond donors (Lipinski definition) is 1. The number of ether oxygens (including phenoxy) is 3.